The molecule has 228 valence electrons. The van der Waals surface area contributed by atoms with E-state index in [1.165, 1.54) is 43.3 Å². The Bertz CT molecular complexity index is 1560. The van der Waals surface area contributed by atoms with Crippen LogP contribution in [0.1, 0.15) is 114 Å². The third-order valence-electron chi connectivity index (χ3n) is 16.2. The van der Waals surface area contributed by atoms with Crippen LogP contribution in [0.2, 0.25) is 0 Å². The molecule has 0 aromatic rings. The Kier molecular flexibility index (Phi) is 6.07. The van der Waals surface area contributed by atoms with Gasteiger partial charge >= 0.3 is 0 Å². The minimum atomic E-state index is -0.0602. The lowest BCUT2D eigenvalue weighted by Crippen LogP contribution is -2.74. The van der Waals surface area contributed by atoms with Gasteiger partial charge in [0.05, 0.1) is 0 Å². The van der Waals surface area contributed by atoms with E-state index >= 15 is 0 Å². The van der Waals surface area contributed by atoms with Crippen LogP contribution in [-0.2, 0) is 0 Å². The van der Waals surface area contributed by atoms with Crippen LogP contribution in [0, 0.1) is 43.8 Å². The summed E-state index contributed by atoms with van der Waals surface area (Å²) in [6.45, 7) is 25.7. The summed E-state index contributed by atoms with van der Waals surface area (Å²) >= 11 is 0. The van der Waals surface area contributed by atoms with E-state index in [4.69, 9.17) is 0 Å². The monoisotopic (exact) mass is 572 g/mol. The Balaban J connectivity index is 1.49. The molecule has 0 bridgehead atoms. The summed E-state index contributed by atoms with van der Waals surface area (Å²) in [5.74, 6) is 0.765. The Labute approximate surface area is 263 Å². The van der Waals surface area contributed by atoms with E-state index in [2.05, 4.69) is 136 Å². The van der Waals surface area contributed by atoms with Crippen LogP contribution in [0.25, 0.3) is 0 Å². The molecule has 7 aliphatic rings. The van der Waals surface area contributed by atoms with E-state index in [1.807, 2.05) is 0 Å². The van der Waals surface area contributed by atoms with E-state index in [-0.39, 0.29) is 37.9 Å². The smallest absolute Gasteiger partial charge is 0.0170 e. The predicted octanol–water partition coefficient (Wildman–Crippen LogP) is 12.1. The lowest BCUT2D eigenvalue weighted by Gasteiger charge is -2.79. The van der Waals surface area contributed by atoms with Crippen molar-refractivity contribution in [1.29, 1.82) is 0 Å². The molecule has 7 rings (SSSR count). The highest BCUT2D eigenvalue weighted by molar-refractivity contribution is 5.68. The summed E-state index contributed by atoms with van der Waals surface area (Å²) < 4.78 is 0. The van der Waals surface area contributed by atoms with Gasteiger partial charge in [-0.05, 0) is 85.5 Å². The van der Waals surface area contributed by atoms with Crippen molar-refractivity contribution in [3.05, 3.63) is 106 Å². The highest BCUT2D eigenvalue weighted by Crippen LogP contribution is 2.89. The lowest BCUT2D eigenvalue weighted by molar-refractivity contribution is -0.261. The fourth-order valence-corrected chi connectivity index (χ4v) is 12.7. The Hall–Kier alpha value is -2.34. The van der Waals surface area contributed by atoms with Gasteiger partial charge in [0.15, 0.2) is 0 Å². The Morgan fingerprint density at radius 2 is 1.26 bits per heavy atom. The van der Waals surface area contributed by atoms with Gasteiger partial charge in [-0.2, -0.15) is 0 Å². The summed E-state index contributed by atoms with van der Waals surface area (Å²) in [5.41, 5.74) is 10.8. The zero-order valence-electron chi connectivity index (χ0n) is 28.9. The summed E-state index contributed by atoms with van der Waals surface area (Å²) in [6, 6.07) is 0. The summed E-state index contributed by atoms with van der Waals surface area (Å²) in [4.78, 5) is 0. The Morgan fingerprint density at radius 3 is 1.86 bits per heavy atom. The molecule has 0 aliphatic heterocycles. The average Bonchev–Trinajstić information content (AvgIpc) is 3.54. The van der Waals surface area contributed by atoms with Crippen LogP contribution in [0.3, 0.4) is 0 Å². The largest absolute Gasteiger partial charge is 0.0771 e. The van der Waals surface area contributed by atoms with Gasteiger partial charge in [0.1, 0.15) is 0 Å². The summed E-state index contributed by atoms with van der Waals surface area (Å²) in [5, 5.41) is 0. The van der Waals surface area contributed by atoms with E-state index in [0.29, 0.717) is 0 Å². The molecular weight excluding hydrogens is 516 g/mol. The van der Waals surface area contributed by atoms with Gasteiger partial charge in [0, 0.05) is 27.1 Å². The summed E-state index contributed by atoms with van der Waals surface area (Å²) in [6.07, 6.45) is 36.9. The first kappa shape index (κ1) is 29.4. The molecule has 7 aliphatic carbocycles. The van der Waals surface area contributed by atoms with Crippen molar-refractivity contribution in [3.8, 4) is 0 Å². The molecule has 0 heteroatoms. The van der Waals surface area contributed by atoms with Crippen molar-refractivity contribution in [1.82, 2.24) is 0 Å². The molecule has 0 N–H and O–H groups in total. The van der Waals surface area contributed by atoms with Crippen molar-refractivity contribution < 1.29 is 0 Å². The second kappa shape index (κ2) is 8.89. The minimum absolute atomic E-state index is 0.0115. The maximum Gasteiger partial charge on any atom is 0.0170 e. The maximum absolute atomic E-state index is 2.72. The van der Waals surface area contributed by atoms with Crippen LogP contribution in [-0.4, -0.2) is 0 Å². The molecule has 0 saturated heterocycles. The molecule has 0 aromatic heterocycles. The van der Waals surface area contributed by atoms with E-state index in [1.54, 1.807) is 27.9 Å². The normalized spacial score (nSPS) is 46.7. The van der Waals surface area contributed by atoms with Crippen molar-refractivity contribution in [2.75, 3.05) is 0 Å². The van der Waals surface area contributed by atoms with Gasteiger partial charge in [-0.1, -0.05) is 151 Å². The maximum atomic E-state index is 2.72. The average molecular weight is 573 g/mol. The first-order valence-electron chi connectivity index (χ1n) is 17.4. The first-order valence-corrected chi connectivity index (χ1v) is 17.4. The van der Waals surface area contributed by atoms with Crippen LogP contribution in [0.15, 0.2) is 106 Å². The zero-order chi connectivity index (χ0) is 30.8. The van der Waals surface area contributed by atoms with E-state index < -0.39 is 0 Å². The van der Waals surface area contributed by atoms with Crippen molar-refractivity contribution in [3.63, 3.8) is 0 Å². The summed E-state index contributed by atoms with van der Waals surface area (Å²) in [7, 11) is 0. The lowest BCUT2D eigenvalue weighted by atomic mass is 9.24. The standard InChI is InChI=1S/C43H56/c1-29(2)35-27-34-28-41(8)39(6)24-15-14-22-37(39,4)38(5)23-16-17-25-40(38,7)43(41,10)42(34,9)30(3)36(35)33-21-20-32(26-33)31-18-12-11-13-19-31/h14-17,20,22-27,31H,11-13,18-19,21,28H2,1-10H3. The van der Waals surface area contributed by atoms with E-state index in [0.717, 1.165) is 18.8 Å². The van der Waals surface area contributed by atoms with Gasteiger partial charge in [-0.15, -0.1) is 0 Å². The molecule has 0 amide bonds. The molecule has 0 heterocycles. The third kappa shape index (κ3) is 3.01. The second-order valence-electron chi connectivity index (χ2n) is 17.0. The zero-order valence-corrected chi connectivity index (χ0v) is 28.9. The fraction of sp³-hybridized carbons (Fsp3) is 0.581. The molecule has 7 atom stereocenters. The van der Waals surface area contributed by atoms with Crippen molar-refractivity contribution in [2.24, 2.45) is 43.8 Å². The highest BCUT2D eigenvalue weighted by Gasteiger charge is 2.84. The predicted molar refractivity (Wildman–Crippen MR) is 184 cm³/mol. The van der Waals surface area contributed by atoms with Crippen LogP contribution in [0.5, 0.6) is 0 Å². The molecule has 3 fully saturated rings. The molecule has 0 nitrogen and oxygen atoms in total. The van der Waals surface area contributed by atoms with Gasteiger partial charge < -0.3 is 0 Å². The number of hydrogen-bond acceptors (Lipinski definition) is 0. The molecular formula is C43H56. The van der Waals surface area contributed by atoms with Gasteiger partial charge in [-0.3, -0.25) is 0 Å². The minimum Gasteiger partial charge on any atom is -0.0771 e. The van der Waals surface area contributed by atoms with Gasteiger partial charge in [0.25, 0.3) is 0 Å². The van der Waals surface area contributed by atoms with E-state index in [9.17, 15) is 0 Å². The topological polar surface area (TPSA) is 0 Å². The molecule has 0 spiro atoms. The van der Waals surface area contributed by atoms with Crippen LogP contribution < -0.4 is 0 Å². The van der Waals surface area contributed by atoms with Gasteiger partial charge in [-0.25, -0.2) is 0 Å². The number of rotatable bonds is 2. The molecule has 43 heavy (non-hydrogen) atoms. The quantitative estimate of drug-likeness (QED) is 0.309. The number of hydrogen-bond donors (Lipinski definition) is 0. The van der Waals surface area contributed by atoms with Gasteiger partial charge in [0.2, 0.25) is 0 Å². The third-order valence-corrected chi connectivity index (χ3v) is 16.2. The number of fused-ring (bicyclic) bond motifs is 8. The SMILES string of the molecule is CC(C)=C1C=C2CC3(C)C4(C)C=CC=CC4(C)C4(C)C=CC=CC4(C)C3(C)C2(C)C(C)=C1C1=CC(C2CCCCC2)=CC1. The van der Waals surface area contributed by atoms with Crippen LogP contribution >= 0.6 is 0 Å². The van der Waals surface area contributed by atoms with Crippen molar-refractivity contribution >= 4 is 0 Å². The molecule has 3 saturated carbocycles. The molecule has 7 unspecified atom stereocenters. The molecule has 0 radical (unpaired) electrons. The fourth-order valence-electron chi connectivity index (χ4n) is 12.7. The highest BCUT2D eigenvalue weighted by atomic mass is 14.9. The second-order valence-corrected chi connectivity index (χ2v) is 17.0. The Morgan fingerprint density at radius 1 is 0.698 bits per heavy atom. The molecule has 0 aromatic carbocycles. The number of allylic oxidation sites excluding steroid dienone is 18. The van der Waals surface area contributed by atoms with Crippen LogP contribution in [0.4, 0.5) is 0 Å². The van der Waals surface area contributed by atoms with Crippen molar-refractivity contribution in [2.45, 2.75) is 114 Å². The first-order chi connectivity index (χ1) is 20.2.